The highest BCUT2D eigenvalue weighted by molar-refractivity contribution is 4.87. The molecule has 70 valence electrons. The minimum Gasteiger partial charge on any atom is -0.330 e. The SMILES string of the molecule is C=CCN(CCCCN)C1CC1. The fourth-order valence-electron chi connectivity index (χ4n) is 1.49. The van der Waals surface area contributed by atoms with Crippen molar-refractivity contribution in [1.82, 2.24) is 4.90 Å². The van der Waals surface area contributed by atoms with E-state index in [0.29, 0.717) is 0 Å². The smallest absolute Gasteiger partial charge is 0.0163 e. The van der Waals surface area contributed by atoms with Crippen LogP contribution in [0.1, 0.15) is 25.7 Å². The quantitative estimate of drug-likeness (QED) is 0.459. The van der Waals surface area contributed by atoms with Crippen molar-refractivity contribution < 1.29 is 0 Å². The molecule has 1 saturated carbocycles. The van der Waals surface area contributed by atoms with Crippen LogP contribution in [0.25, 0.3) is 0 Å². The van der Waals surface area contributed by atoms with Crippen molar-refractivity contribution in [2.24, 2.45) is 5.73 Å². The lowest BCUT2D eigenvalue weighted by molar-refractivity contribution is 0.286. The van der Waals surface area contributed by atoms with Gasteiger partial charge in [-0.05, 0) is 38.8 Å². The van der Waals surface area contributed by atoms with Crippen LogP contribution in [-0.4, -0.2) is 30.6 Å². The summed E-state index contributed by atoms with van der Waals surface area (Å²) in [5.41, 5.74) is 5.44. The molecule has 1 fully saturated rings. The first-order chi connectivity index (χ1) is 5.88. The second-order valence-electron chi connectivity index (χ2n) is 3.51. The van der Waals surface area contributed by atoms with E-state index in [-0.39, 0.29) is 0 Å². The van der Waals surface area contributed by atoms with Crippen LogP contribution in [-0.2, 0) is 0 Å². The maximum atomic E-state index is 5.44. The first kappa shape index (κ1) is 9.75. The maximum Gasteiger partial charge on any atom is 0.0163 e. The van der Waals surface area contributed by atoms with Crippen LogP contribution in [0.15, 0.2) is 12.7 Å². The molecule has 0 spiro atoms. The van der Waals surface area contributed by atoms with Gasteiger partial charge < -0.3 is 5.73 Å². The third-order valence-electron chi connectivity index (χ3n) is 2.33. The van der Waals surface area contributed by atoms with Crippen LogP contribution in [0.3, 0.4) is 0 Å². The number of hydrogen-bond acceptors (Lipinski definition) is 2. The Labute approximate surface area is 75.4 Å². The molecule has 0 heterocycles. The standard InChI is InChI=1S/C10H20N2/c1-2-8-12(10-5-6-10)9-4-3-7-11/h2,10H,1,3-9,11H2. The number of nitrogens with zero attached hydrogens (tertiary/aromatic N) is 1. The summed E-state index contributed by atoms with van der Waals surface area (Å²) in [7, 11) is 0. The van der Waals surface area contributed by atoms with E-state index in [4.69, 9.17) is 5.73 Å². The van der Waals surface area contributed by atoms with Gasteiger partial charge in [-0.25, -0.2) is 0 Å². The predicted molar refractivity (Wildman–Crippen MR) is 53.1 cm³/mol. The average molecular weight is 168 g/mol. The van der Waals surface area contributed by atoms with E-state index in [9.17, 15) is 0 Å². The molecule has 0 amide bonds. The van der Waals surface area contributed by atoms with E-state index in [0.717, 1.165) is 25.6 Å². The average Bonchev–Trinajstić information content (AvgIpc) is 2.86. The van der Waals surface area contributed by atoms with E-state index in [1.165, 1.54) is 25.8 Å². The van der Waals surface area contributed by atoms with Crippen molar-refractivity contribution in [3.8, 4) is 0 Å². The van der Waals surface area contributed by atoms with Crippen LogP contribution in [0.5, 0.6) is 0 Å². The van der Waals surface area contributed by atoms with E-state index < -0.39 is 0 Å². The van der Waals surface area contributed by atoms with Crippen molar-refractivity contribution in [3.63, 3.8) is 0 Å². The summed E-state index contributed by atoms with van der Waals surface area (Å²) in [6.45, 7) is 6.85. The molecule has 0 bridgehead atoms. The fraction of sp³-hybridized carbons (Fsp3) is 0.800. The van der Waals surface area contributed by atoms with Crippen LogP contribution >= 0.6 is 0 Å². The van der Waals surface area contributed by atoms with Gasteiger partial charge in [-0.1, -0.05) is 6.08 Å². The van der Waals surface area contributed by atoms with Gasteiger partial charge in [-0.15, -0.1) is 6.58 Å². The summed E-state index contributed by atoms with van der Waals surface area (Å²) < 4.78 is 0. The summed E-state index contributed by atoms with van der Waals surface area (Å²) >= 11 is 0. The number of rotatable bonds is 7. The summed E-state index contributed by atoms with van der Waals surface area (Å²) in [6, 6.07) is 0.862. The molecular formula is C10H20N2. The molecule has 0 radical (unpaired) electrons. The van der Waals surface area contributed by atoms with E-state index in [2.05, 4.69) is 11.5 Å². The number of hydrogen-bond donors (Lipinski definition) is 1. The molecule has 0 aromatic rings. The van der Waals surface area contributed by atoms with Gasteiger partial charge in [0.1, 0.15) is 0 Å². The highest BCUT2D eigenvalue weighted by Crippen LogP contribution is 2.26. The van der Waals surface area contributed by atoms with Gasteiger partial charge in [0.05, 0.1) is 0 Å². The second-order valence-corrected chi connectivity index (χ2v) is 3.51. The van der Waals surface area contributed by atoms with Crippen molar-refractivity contribution in [1.29, 1.82) is 0 Å². The number of unbranched alkanes of at least 4 members (excludes halogenated alkanes) is 1. The summed E-state index contributed by atoms with van der Waals surface area (Å²) in [5.74, 6) is 0. The third kappa shape index (κ3) is 3.37. The molecule has 12 heavy (non-hydrogen) atoms. The van der Waals surface area contributed by atoms with E-state index >= 15 is 0 Å². The molecule has 0 aliphatic heterocycles. The van der Waals surface area contributed by atoms with Gasteiger partial charge in [0, 0.05) is 12.6 Å². The van der Waals surface area contributed by atoms with Gasteiger partial charge in [0.2, 0.25) is 0 Å². The molecule has 0 atom stereocenters. The summed E-state index contributed by atoms with van der Waals surface area (Å²) in [5, 5.41) is 0. The molecule has 1 rings (SSSR count). The van der Waals surface area contributed by atoms with Crippen molar-refractivity contribution in [2.75, 3.05) is 19.6 Å². The summed E-state index contributed by atoms with van der Waals surface area (Å²) in [6.07, 6.45) is 7.16. The Bertz CT molecular complexity index is 130. The fourth-order valence-corrected chi connectivity index (χ4v) is 1.49. The molecule has 0 aromatic heterocycles. The number of nitrogens with two attached hydrogens (primary N) is 1. The van der Waals surface area contributed by atoms with Crippen LogP contribution < -0.4 is 5.73 Å². The van der Waals surface area contributed by atoms with Gasteiger partial charge >= 0.3 is 0 Å². The first-order valence-electron chi connectivity index (χ1n) is 4.93. The molecule has 0 unspecified atom stereocenters. The van der Waals surface area contributed by atoms with E-state index in [1.54, 1.807) is 0 Å². The lowest BCUT2D eigenvalue weighted by atomic mass is 10.3. The van der Waals surface area contributed by atoms with Crippen LogP contribution in [0.2, 0.25) is 0 Å². The molecular weight excluding hydrogens is 148 g/mol. The van der Waals surface area contributed by atoms with Gasteiger partial charge in [0.25, 0.3) is 0 Å². The summed E-state index contributed by atoms with van der Waals surface area (Å²) in [4.78, 5) is 2.52. The maximum absolute atomic E-state index is 5.44. The molecule has 1 aliphatic rings. The van der Waals surface area contributed by atoms with Gasteiger partial charge in [-0.2, -0.15) is 0 Å². The Kier molecular flexibility index (Phi) is 4.33. The Morgan fingerprint density at radius 1 is 1.42 bits per heavy atom. The van der Waals surface area contributed by atoms with Crippen LogP contribution in [0, 0.1) is 0 Å². The molecule has 0 saturated heterocycles. The Hall–Kier alpha value is -0.340. The lowest BCUT2D eigenvalue weighted by Gasteiger charge is -2.19. The molecule has 2 N–H and O–H groups in total. The van der Waals surface area contributed by atoms with Crippen molar-refractivity contribution in [3.05, 3.63) is 12.7 Å². The predicted octanol–water partition coefficient (Wildman–Crippen LogP) is 1.38. The zero-order chi connectivity index (χ0) is 8.81. The zero-order valence-electron chi connectivity index (χ0n) is 7.84. The minimum absolute atomic E-state index is 0.826. The van der Waals surface area contributed by atoms with Crippen molar-refractivity contribution >= 4 is 0 Å². The third-order valence-corrected chi connectivity index (χ3v) is 2.33. The molecule has 2 heteroatoms. The normalized spacial score (nSPS) is 16.8. The highest BCUT2D eigenvalue weighted by Gasteiger charge is 2.27. The topological polar surface area (TPSA) is 29.3 Å². The highest BCUT2D eigenvalue weighted by atomic mass is 15.2. The Morgan fingerprint density at radius 3 is 2.67 bits per heavy atom. The van der Waals surface area contributed by atoms with E-state index in [1.807, 2.05) is 6.08 Å². The van der Waals surface area contributed by atoms with Gasteiger partial charge in [-0.3, -0.25) is 4.90 Å². The minimum atomic E-state index is 0.826. The molecule has 1 aliphatic carbocycles. The molecule has 2 nitrogen and oxygen atoms in total. The largest absolute Gasteiger partial charge is 0.330 e. The second kappa shape index (κ2) is 5.33. The Morgan fingerprint density at radius 2 is 2.17 bits per heavy atom. The lowest BCUT2D eigenvalue weighted by Crippen LogP contribution is -2.27. The van der Waals surface area contributed by atoms with Crippen molar-refractivity contribution in [2.45, 2.75) is 31.7 Å². The molecule has 0 aromatic carbocycles. The zero-order valence-corrected chi connectivity index (χ0v) is 7.84. The monoisotopic (exact) mass is 168 g/mol. The Balaban J connectivity index is 2.09. The van der Waals surface area contributed by atoms with Crippen LogP contribution in [0.4, 0.5) is 0 Å². The van der Waals surface area contributed by atoms with Gasteiger partial charge in [0.15, 0.2) is 0 Å². The first-order valence-corrected chi connectivity index (χ1v) is 4.93.